The van der Waals surface area contributed by atoms with Crippen molar-refractivity contribution in [1.29, 1.82) is 0 Å². The van der Waals surface area contributed by atoms with Crippen LogP contribution in [0, 0.1) is 0 Å². The van der Waals surface area contributed by atoms with E-state index < -0.39 is 9.84 Å². The number of ether oxygens (including phenoxy) is 1. The highest BCUT2D eigenvalue weighted by molar-refractivity contribution is 7.91. The quantitative estimate of drug-likeness (QED) is 0.814. The van der Waals surface area contributed by atoms with Crippen LogP contribution in [0.3, 0.4) is 0 Å². The van der Waals surface area contributed by atoms with Crippen molar-refractivity contribution in [3.8, 4) is 17.2 Å². The second-order valence-electron chi connectivity index (χ2n) is 5.70. The average Bonchev–Trinajstić information content (AvgIpc) is 3.13. The van der Waals surface area contributed by atoms with Gasteiger partial charge in [-0.15, -0.1) is 10.2 Å². The summed E-state index contributed by atoms with van der Waals surface area (Å²) in [4.78, 5) is 1.95. The minimum Gasteiger partial charge on any atom is -0.497 e. The van der Waals surface area contributed by atoms with Crippen molar-refractivity contribution in [2.24, 2.45) is 0 Å². The Morgan fingerprint density at radius 1 is 1.39 bits per heavy atom. The third-order valence-corrected chi connectivity index (χ3v) is 5.75. The number of benzene rings is 1. The predicted octanol–water partition coefficient (Wildman–Crippen LogP) is 1.36. The summed E-state index contributed by atoms with van der Waals surface area (Å²) in [6, 6.07) is 7.40. The lowest BCUT2D eigenvalue weighted by Crippen LogP contribution is -2.32. The summed E-state index contributed by atoms with van der Waals surface area (Å²) in [5.74, 6) is 2.05. The predicted molar refractivity (Wildman–Crippen MR) is 84.8 cm³/mol. The van der Waals surface area contributed by atoms with Gasteiger partial charge in [-0.3, -0.25) is 4.90 Å². The van der Waals surface area contributed by atoms with Gasteiger partial charge in [0.1, 0.15) is 5.75 Å². The zero-order valence-electron chi connectivity index (χ0n) is 13.1. The van der Waals surface area contributed by atoms with Crippen LogP contribution in [0.25, 0.3) is 11.5 Å². The molecule has 0 radical (unpaired) electrons. The van der Waals surface area contributed by atoms with Crippen molar-refractivity contribution in [3.63, 3.8) is 0 Å². The molecule has 0 spiro atoms. The first-order chi connectivity index (χ1) is 11.0. The average molecular weight is 337 g/mol. The zero-order chi connectivity index (χ0) is 16.4. The van der Waals surface area contributed by atoms with Gasteiger partial charge in [0.25, 0.3) is 0 Å². The molecule has 2 heterocycles. The van der Waals surface area contributed by atoms with Crippen molar-refractivity contribution < 1.29 is 17.6 Å². The van der Waals surface area contributed by atoms with Gasteiger partial charge in [-0.1, -0.05) is 6.07 Å². The molecule has 0 saturated carbocycles. The molecule has 2 aromatic rings. The minimum absolute atomic E-state index is 0.00664. The molecule has 0 aliphatic carbocycles. The van der Waals surface area contributed by atoms with E-state index in [4.69, 9.17) is 9.15 Å². The Morgan fingerprint density at radius 2 is 2.22 bits per heavy atom. The maximum atomic E-state index is 11.6. The largest absolute Gasteiger partial charge is 0.497 e. The van der Waals surface area contributed by atoms with E-state index in [1.807, 2.05) is 36.2 Å². The fraction of sp³-hybridized carbons (Fsp3) is 0.467. The van der Waals surface area contributed by atoms with Gasteiger partial charge in [0.15, 0.2) is 9.84 Å². The van der Waals surface area contributed by atoms with Crippen LogP contribution in [0.15, 0.2) is 28.7 Å². The standard InChI is InChI=1S/C15H19N3O4S/c1-18(12-6-7-23(19,20)10-12)9-14-16-17-15(22-14)11-4-3-5-13(8-11)21-2/h3-5,8,12H,6-7,9-10H2,1-2H3. The second kappa shape index (κ2) is 6.29. The molecule has 3 rings (SSSR count). The highest BCUT2D eigenvalue weighted by Crippen LogP contribution is 2.23. The van der Waals surface area contributed by atoms with Gasteiger partial charge in [0.05, 0.1) is 25.2 Å². The highest BCUT2D eigenvalue weighted by Gasteiger charge is 2.31. The summed E-state index contributed by atoms with van der Waals surface area (Å²) < 4.78 is 34.0. The van der Waals surface area contributed by atoms with E-state index in [0.717, 1.165) is 11.3 Å². The molecular weight excluding hydrogens is 318 g/mol. The van der Waals surface area contributed by atoms with Gasteiger partial charge in [0, 0.05) is 11.6 Å². The molecule has 23 heavy (non-hydrogen) atoms. The van der Waals surface area contributed by atoms with E-state index in [0.29, 0.717) is 24.7 Å². The molecule has 1 aromatic heterocycles. The lowest BCUT2D eigenvalue weighted by atomic mass is 10.2. The third-order valence-electron chi connectivity index (χ3n) is 4.00. The van der Waals surface area contributed by atoms with Gasteiger partial charge < -0.3 is 9.15 Å². The fourth-order valence-corrected chi connectivity index (χ4v) is 4.46. The van der Waals surface area contributed by atoms with Gasteiger partial charge in [-0.2, -0.15) is 0 Å². The van der Waals surface area contributed by atoms with Crippen molar-refractivity contribution in [2.45, 2.75) is 19.0 Å². The molecule has 1 fully saturated rings. The van der Waals surface area contributed by atoms with Crippen LogP contribution >= 0.6 is 0 Å². The Labute approximate surface area is 135 Å². The monoisotopic (exact) mass is 337 g/mol. The summed E-state index contributed by atoms with van der Waals surface area (Å²) in [6.45, 7) is 0.428. The molecule has 0 amide bonds. The van der Waals surface area contributed by atoms with Crippen LogP contribution in [0.4, 0.5) is 0 Å². The van der Waals surface area contributed by atoms with Crippen LogP contribution in [0.1, 0.15) is 12.3 Å². The summed E-state index contributed by atoms with van der Waals surface area (Å²) in [5, 5.41) is 8.10. The topological polar surface area (TPSA) is 85.5 Å². The minimum atomic E-state index is -2.90. The van der Waals surface area contributed by atoms with Crippen LogP contribution < -0.4 is 4.74 Å². The molecule has 7 nitrogen and oxygen atoms in total. The molecule has 1 atom stereocenters. The molecule has 1 aliphatic heterocycles. The molecule has 8 heteroatoms. The second-order valence-corrected chi connectivity index (χ2v) is 7.93. The first-order valence-corrected chi connectivity index (χ1v) is 9.16. The van der Waals surface area contributed by atoms with Gasteiger partial charge in [-0.05, 0) is 31.7 Å². The van der Waals surface area contributed by atoms with Gasteiger partial charge in [-0.25, -0.2) is 8.42 Å². The molecule has 1 saturated heterocycles. The fourth-order valence-electron chi connectivity index (χ4n) is 2.66. The van der Waals surface area contributed by atoms with E-state index in [2.05, 4.69) is 10.2 Å². The smallest absolute Gasteiger partial charge is 0.247 e. The molecule has 1 aromatic carbocycles. The number of hydrogen-bond donors (Lipinski definition) is 0. The molecule has 1 unspecified atom stereocenters. The zero-order valence-corrected chi connectivity index (χ0v) is 13.9. The maximum absolute atomic E-state index is 11.6. The number of hydrogen-bond acceptors (Lipinski definition) is 7. The van der Waals surface area contributed by atoms with Crippen LogP contribution in [-0.4, -0.2) is 55.2 Å². The number of nitrogens with zero attached hydrogens (tertiary/aromatic N) is 3. The van der Waals surface area contributed by atoms with Crippen LogP contribution in [0.2, 0.25) is 0 Å². The SMILES string of the molecule is COc1cccc(-c2nnc(CN(C)C3CCS(=O)(=O)C3)o2)c1. The molecule has 124 valence electrons. The summed E-state index contributed by atoms with van der Waals surface area (Å²) in [7, 11) is 0.576. The Kier molecular flexibility index (Phi) is 4.36. The van der Waals surface area contributed by atoms with Crippen molar-refractivity contribution in [3.05, 3.63) is 30.2 Å². The maximum Gasteiger partial charge on any atom is 0.247 e. The van der Waals surface area contributed by atoms with Crippen LogP contribution in [-0.2, 0) is 16.4 Å². The third kappa shape index (κ3) is 3.70. The van der Waals surface area contributed by atoms with Crippen molar-refractivity contribution >= 4 is 9.84 Å². The molecule has 0 bridgehead atoms. The van der Waals surface area contributed by atoms with Gasteiger partial charge in [0.2, 0.25) is 11.8 Å². The normalized spacial score (nSPS) is 20.0. The number of rotatable bonds is 5. The van der Waals surface area contributed by atoms with E-state index in [9.17, 15) is 8.42 Å². The van der Waals surface area contributed by atoms with Gasteiger partial charge >= 0.3 is 0 Å². The van der Waals surface area contributed by atoms with E-state index in [1.54, 1.807) is 7.11 Å². The summed E-state index contributed by atoms with van der Waals surface area (Å²) in [6.07, 6.45) is 0.649. The first kappa shape index (κ1) is 15.9. The van der Waals surface area contributed by atoms with E-state index in [1.165, 1.54) is 0 Å². The molecular formula is C15H19N3O4S. The lowest BCUT2D eigenvalue weighted by molar-refractivity contribution is 0.230. The molecule has 0 N–H and O–H groups in total. The number of methoxy groups -OCH3 is 1. The molecule has 1 aliphatic rings. The van der Waals surface area contributed by atoms with E-state index in [-0.39, 0.29) is 17.5 Å². The Balaban J connectivity index is 1.69. The lowest BCUT2D eigenvalue weighted by Gasteiger charge is -2.20. The van der Waals surface area contributed by atoms with Crippen molar-refractivity contribution in [1.82, 2.24) is 15.1 Å². The number of aromatic nitrogens is 2. The number of sulfone groups is 1. The van der Waals surface area contributed by atoms with E-state index >= 15 is 0 Å². The van der Waals surface area contributed by atoms with Crippen molar-refractivity contribution in [2.75, 3.05) is 25.7 Å². The first-order valence-electron chi connectivity index (χ1n) is 7.34. The highest BCUT2D eigenvalue weighted by atomic mass is 32.2. The Bertz CT molecular complexity index is 788. The summed E-state index contributed by atoms with van der Waals surface area (Å²) in [5.41, 5.74) is 0.786. The van der Waals surface area contributed by atoms with Crippen LogP contribution in [0.5, 0.6) is 5.75 Å². The Morgan fingerprint density at radius 3 is 2.91 bits per heavy atom. The summed E-state index contributed by atoms with van der Waals surface area (Å²) >= 11 is 0. The Hall–Kier alpha value is -1.93.